The molecule has 0 aromatic carbocycles. The molecule has 0 spiro atoms. The third kappa shape index (κ3) is 3.53. The van der Waals surface area contributed by atoms with Crippen LogP contribution in [0.5, 0.6) is 0 Å². The summed E-state index contributed by atoms with van der Waals surface area (Å²) in [4.78, 5) is 12.9. The first-order valence-corrected chi connectivity index (χ1v) is 13.8. The van der Waals surface area contributed by atoms with Crippen LogP contribution in [0.4, 0.5) is 0 Å². The van der Waals surface area contributed by atoms with Gasteiger partial charge < -0.3 is 10.2 Å². The molecule has 0 radical (unpaired) electrons. The molecule has 3 heteroatoms. The topological polar surface area (TPSA) is 57.5 Å². The summed E-state index contributed by atoms with van der Waals surface area (Å²) in [5.41, 5.74) is 0.762. The molecule has 188 valence electrons. The van der Waals surface area contributed by atoms with Crippen LogP contribution in [-0.4, -0.2) is 28.2 Å². The van der Waals surface area contributed by atoms with Gasteiger partial charge in [0, 0.05) is 11.8 Å². The third-order valence-electron chi connectivity index (χ3n) is 12.2. The van der Waals surface area contributed by atoms with Crippen molar-refractivity contribution in [2.45, 2.75) is 118 Å². The minimum atomic E-state index is -0.974. The van der Waals surface area contributed by atoms with Crippen LogP contribution in [0.15, 0.2) is 11.6 Å². The van der Waals surface area contributed by atoms with Gasteiger partial charge in [0.15, 0.2) is 0 Å². The molecule has 4 rings (SSSR count). The number of aliphatic hydroxyl groups is 2. The number of Topliss-reactive ketones (excluding diaryl/α,β-unsaturated/α-hetero) is 1. The van der Waals surface area contributed by atoms with Gasteiger partial charge in [-0.2, -0.15) is 0 Å². The van der Waals surface area contributed by atoms with Crippen LogP contribution < -0.4 is 0 Å². The van der Waals surface area contributed by atoms with Crippen LogP contribution in [0.1, 0.15) is 113 Å². The maximum atomic E-state index is 12.9. The Labute approximate surface area is 202 Å². The van der Waals surface area contributed by atoms with Crippen LogP contribution in [-0.2, 0) is 4.79 Å². The second-order valence-corrected chi connectivity index (χ2v) is 14.0. The van der Waals surface area contributed by atoms with E-state index in [1.807, 2.05) is 0 Å². The number of aliphatic hydroxyl groups excluding tert-OH is 1. The molecule has 0 aliphatic heterocycles. The van der Waals surface area contributed by atoms with Crippen molar-refractivity contribution >= 4 is 5.78 Å². The van der Waals surface area contributed by atoms with Crippen molar-refractivity contribution in [3.8, 4) is 0 Å². The summed E-state index contributed by atoms with van der Waals surface area (Å²) in [5.74, 6) is 2.26. The SMILES string of the molecule is CC(C)=CCC[C@@](O)(CO)[C@H]1CC[C@]2(C)[C@@H]1CC[C@@H]1[C@@]3(C)CCC(=O)C(C)(C)[C@@H]3CC[C@]12C. The van der Waals surface area contributed by atoms with E-state index >= 15 is 0 Å². The van der Waals surface area contributed by atoms with E-state index in [9.17, 15) is 15.0 Å². The molecule has 0 aromatic heterocycles. The molecule has 0 saturated heterocycles. The van der Waals surface area contributed by atoms with Crippen LogP contribution in [0.25, 0.3) is 0 Å². The lowest BCUT2D eigenvalue weighted by molar-refractivity contribution is -0.209. The molecule has 0 unspecified atom stereocenters. The van der Waals surface area contributed by atoms with Crippen molar-refractivity contribution in [1.29, 1.82) is 0 Å². The van der Waals surface area contributed by atoms with Gasteiger partial charge in [0.2, 0.25) is 0 Å². The molecule has 8 atom stereocenters. The van der Waals surface area contributed by atoms with E-state index < -0.39 is 5.60 Å². The number of ketones is 1. The van der Waals surface area contributed by atoms with E-state index in [1.165, 1.54) is 18.4 Å². The van der Waals surface area contributed by atoms with E-state index in [0.29, 0.717) is 30.0 Å². The Morgan fingerprint density at radius 3 is 2.27 bits per heavy atom. The molecule has 2 N–H and O–H groups in total. The zero-order valence-corrected chi connectivity index (χ0v) is 22.5. The number of rotatable bonds is 5. The molecule has 4 aliphatic carbocycles. The van der Waals surface area contributed by atoms with Crippen LogP contribution >= 0.6 is 0 Å². The summed E-state index contributed by atoms with van der Waals surface area (Å²) in [7, 11) is 0. The second kappa shape index (κ2) is 8.19. The highest BCUT2D eigenvalue weighted by Gasteiger charge is 2.69. The van der Waals surface area contributed by atoms with E-state index in [1.54, 1.807) is 0 Å². The van der Waals surface area contributed by atoms with Crippen molar-refractivity contribution < 1.29 is 15.0 Å². The highest BCUT2D eigenvalue weighted by Crippen LogP contribution is 2.75. The lowest BCUT2D eigenvalue weighted by atomic mass is 9.35. The minimum Gasteiger partial charge on any atom is -0.393 e. The van der Waals surface area contributed by atoms with Crippen molar-refractivity contribution in [2.75, 3.05) is 6.61 Å². The fourth-order valence-corrected chi connectivity index (χ4v) is 10.2. The molecular weight excluding hydrogens is 408 g/mol. The fourth-order valence-electron chi connectivity index (χ4n) is 10.2. The number of carbonyl (C=O) groups is 1. The molecule has 3 nitrogen and oxygen atoms in total. The van der Waals surface area contributed by atoms with Crippen molar-refractivity contribution in [1.82, 2.24) is 0 Å². The van der Waals surface area contributed by atoms with Crippen molar-refractivity contribution in [3.63, 3.8) is 0 Å². The van der Waals surface area contributed by atoms with Crippen molar-refractivity contribution in [2.24, 2.45) is 45.3 Å². The Morgan fingerprint density at radius 1 is 0.970 bits per heavy atom. The van der Waals surface area contributed by atoms with Gasteiger partial charge in [0.25, 0.3) is 0 Å². The van der Waals surface area contributed by atoms with Gasteiger partial charge in [-0.25, -0.2) is 0 Å². The van der Waals surface area contributed by atoms with Crippen molar-refractivity contribution in [3.05, 3.63) is 11.6 Å². The lowest BCUT2D eigenvalue weighted by Crippen LogP contribution is -2.63. The normalized spacial score (nSPS) is 46.0. The van der Waals surface area contributed by atoms with Crippen LogP contribution in [0.3, 0.4) is 0 Å². The molecule has 0 heterocycles. The molecule has 33 heavy (non-hydrogen) atoms. The summed E-state index contributed by atoms with van der Waals surface area (Å²) in [5, 5.41) is 22.0. The zero-order valence-electron chi connectivity index (χ0n) is 22.5. The highest BCUT2D eigenvalue weighted by atomic mass is 16.3. The van der Waals surface area contributed by atoms with E-state index in [0.717, 1.165) is 44.9 Å². The molecule has 0 amide bonds. The Balaban J connectivity index is 1.64. The highest BCUT2D eigenvalue weighted by molar-refractivity contribution is 5.85. The average molecular weight is 459 g/mol. The molecule has 4 aliphatic rings. The summed E-state index contributed by atoms with van der Waals surface area (Å²) >= 11 is 0. The van der Waals surface area contributed by atoms with Gasteiger partial charge in [0.05, 0.1) is 12.2 Å². The van der Waals surface area contributed by atoms with Gasteiger partial charge in [-0.1, -0.05) is 46.3 Å². The summed E-state index contributed by atoms with van der Waals surface area (Å²) in [6.07, 6.45) is 12.4. The summed E-state index contributed by atoms with van der Waals surface area (Å²) in [6.45, 7) is 16.1. The lowest BCUT2D eigenvalue weighted by Gasteiger charge is -2.69. The van der Waals surface area contributed by atoms with Gasteiger partial charge in [-0.3, -0.25) is 4.79 Å². The molecule has 0 bridgehead atoms. The third-order valence-corrected chi connectivity index (χ3v) is 12.2. The Bertz CT molecular complexity index is 809. The first-order chi connectivity index (χ1) is 15.3. The molecule has 4 fully saturated rings. The zero-order chi connectivity index (χ0) is 24.4. The van der Waals surface area contributed by atoms with Gasteiger partial charge in [-0.15, -0.1) is 0 Å². The number of hydrogen-bond acceptors (Lipinski definition) is 3. The van der Waals surface area contributed by atoms with Gasteiger partial charge in [0.1, 0.15) is 5.78 Å². The standard InChI is InChI=1S/C30H50O3/c1-20(2)9-8-15-30(33,19-31)22-12-17-28(6)21(22)10-11-24-27(5)16-14-25(32)26(3,4)23(27)13-18-29(24,28)7/h9,21-24,31,33H,8,10-19H2,1-7H3/t21-,22+,23+,24-,27+,28-,29-,30-/m1/s1. The molecule has 0 aromatic rings. The largest absolute Gasteiger partial charge is 0.393 e. The van der Waals surface area contributed by atoms with Crippen LogP contribution in [0, 0.1) is 45.3 Å². The second-order valence-electron chi connectivity index (χ2n) is 14.0. The molecular formula is C30H50O3. The fraction of sp³-hybridized carbons (Fsp3) is 0.900. The summed E-state index contributed by atoms with van der Waals surface area (Å²) < 4.78 is 0. The maximum Gasteiger partial charge on any atom is 0.138 e. The quantitative estimate of drug-likeness (QED) is 0.450. The van der Waals surface area contributed by atoms with E-state index in [2.05, 4.69) is 54.5 Å². The number of hydrogen-bond donors (Lipinski definition) is 2. The number of allylic oxidation sites excluding steroid dienone is 2. The van der Waals surface area contributed by atoms with Crippen LogP contribution in [0.2, 0.25) is 0 Å². The van der Waals surface area contributed by atoms with Gasteiger partial charge >= 0.3 is 0 Å². The Morgan fingerprint density at radius 2 is 1.64 bits per heavy atom. The Hall–Kier alpha value is -0.670. The first-order valence-electron chi connectivity index (χ1n) is 13.8. The predicted molar refractivity (Wildman–Crippen MR) is 135 cm³/mol. The number of fused-ring (bicyclic) bond motifs is 5. The predicted octanol–water partition coefficient (Wildman–Crippen LogP) is 6.71. The maximum absolute atomic E-state index is 12.9. The average Bonchev–Trinajstić information content (AvgIpc) is 3.10. The Kier molecular flexibility index (Phi) is 6.31. The van der Waals surface area contributed by atoms with Gasteiger partial charge in [-0.05, 0) is 112 Å². The monoisotopic (exact) mass is 458 g/mol. The van der Waals surface area contributed by atoms with E-state index in [-0.39, 0.29) is 34.2 Å². The number of carbonyl (C=O) groups excluding carboxylic acids is 1. The summed E-state index contributed by atoms with van der Waals surface area (Å²) in [6, 6.07) is 0. The molecule has 4 saturated carbocycles. The smallest absolute Gasteiger partial charge is 0.138 e. The first kappa shape index (κ1) is 25.4. The van der Waals surface area contributed by atoms with E-state index in [4.69, 9.17) is 0 Å². The minimum absolute atomic E-state index is 0.128.